The van der Waals surface area contributed by atoms with E-state index in [4.69, 9.17) is 0 Å². The van der Waals surface area contributed by atoms with Gasteiger partial charge in [-0.1, -0.05) is 37.8 Å². The van der Waals surface area contributed by atoms with E-state index in [9.17, 15) is 9.90 Å². The lowest BCUT2D eigenvalue weighted by Crippen LogP contribution is -2.39. The van der Waals surface area contributed by atoms with Crippen LogP contribution in [0.25, 0.3) is 0 Å². The van der Waals surface area contributed by atoms with Crippen molar-refractivity contribution >= 4 is 22.4 Å². The Labute approximate surface area is 140 Å². The van der Waals surface area contributed by atoms with Crippen molar-refractivity contribution in [1.29, 1.82) is 0 Å². The first-order valence-electron chi connectivity index (χ1n) is 8.08. The van der Waals surface area contributed by atoms with Gasteiger partial charge in [-0.15, -0.1) is 11.3 Å². The fraction of sp³-hybridized carbons (Fsp3) is 0.444. The van der Waals surface area contributed by atoms with E-state index in [0.717, 1.165) is 12.0 Å². The van der Waals surface area contributed by atoms with Crippen LogP contribution in [0, 0.1) is 5.92 Å². The number of benzene rings is 1. The number of amides is 1. The molecule has 23 heavy (non-hydrogen) atoms. The minimum atomic E-state index is -0.667. The van der Waals surface area contributed by atoms with Crippen molar-refractivity contribution in [1.82, 2.24) is 4.98 Å². The fourth-order valence-electron chi connectivity index (χ4n) is 3.50. The number of anilines is 1. The van der Waals surface area contributed by atoms with Crippen molar-refractivity contribution in [2.75, 3.05) is 5.32 Å². The predicted molar refractivity (Wildman–Crippen MR) is 92.8 cm³/mol. The third-order valence-electron chi connectivity index (χ3n) is 4.81. The summed E-state index contributed by atoms with van der Waals surface area (Å²) in [4.78, 5) is 17.2. The van der Waals surface area contributed by atoms with Crippen molar-refractivity contribution in [3.8, 4) is 5.75 Å². The maximum atomic E-state index is 13.0. The van der Waals surface area contributed by atoms with Gasteiger partial charge in [0.2, 0.25) is 5.91 Å². The Hall–Kier alpha value is -1.88. The summed E-state index contributed by atoms with van der Waals surface area (Å²) in [6.07, 6.45) is 7.33. The fourth-order valence-corrected chi connectivity index (χ4v) is 4.03. The summed E-state index contributed by atoms with van der Waals surface area (Å²) in [5.74, 6) is 0.705. The highest BCUT2D eigenvalue weighted by molar-refractivity contribution is 7.13. The minimum Gasteiger partial charge on any atom is -0.508 e. The molecule has 5 heteroatoms. The second-order valence-corrected chi connectivity index (χ2v) is 7.42. The van der Waals surface area contributed by atoms with Crippen LogP contribution in [0.3, 0.4) is 0 Å². The van der Waals surface area contributed by atoms with E-state index in [1.165, 1.54) is 37.0 Å². The van der Waals surface area contributed by atoms with E-state index >= 15 is 0 Å². The number of hydrogen-bond donors (Lipinski definition) is 2. The zero-order valence-corrected chi connectivity index (χ0v) is 14.1. The van der Waals surface area contributed by atoms with Crippen LogP contribution >= 0.6 is 11.3 Å². The molecule has 3 rings (SSSR count). The standard InChI is InChI=1S/C18H22N2O2S/c1-18(12-13-5-2-3-6-13,14-7-4-8-15(21)11-14)16(22)20-17-19-9-10-23-17/h4,7-11,13,21H,2-3,5-6,12H2,1H3,(H,19,20,22). The van der Waals surface area contributed by atoms with Gasteiger partial charge in [-0.05, 0) is 37.0 Å². The van der Waals surface area contributed by atoms with Crippen molar-refractivity contribution in [2.24, 2.45) is 5.92 Å². The maximum Gasteiger partial charge on any atom is 0.236 e. The van der Waals surface area contributed by atoms with Crippen LogP contribution in [0.15, 0.2) is 35.8 Å². The van der Waals surface area contributed by atoms with Gasteiger partial charge >= 0.3 is 0 Å². The van der Waals surface area contributed by atoms with E-state index in [2.05, 4.69) is 10.3 Å². The lowest BCUT2D eigenvalue weighted by Gasteiger charge is -2.31. The molecule has 1 aliphatic carbocycles. The first-order valence-corrected chi connectivity index (χ1v) is 8.96. The summed E-state index contributed by atoms with van der Waals surface area (Å²) in [6, 6.07) is 7.07. The van der Waals surface area contributed by atoms with E-state index < -0.39 is 5.41 Å². The highest BCUT2D eigenvalue weighted by Crippen LogP contribution is 2.39. The van der Waals surface area contributed by atoms with Gasteiger partial charge in [0.25, 0.3) is 0 Å². The lowest BCUT2D eigenvalue weighted by atomic mass is 9.74. The number of nitrogens with zero attached hydrogens (tertiary/aromatic N) is 1. The Balaban J connectivity index is 1.89. The maximum absolute atomic E-state index is 13.0. The number of nitrogens with one attached hydrogen (secondary N) is 1. The number of aromatic hydroxyl groups is 1. The molecule has 1 heterocycles. The summed E-state index contributed by atoms with van der Waals surface area (Å²) < 4.78 is 0. The normalized spacial score (nSPS) is 17.8. The van der Waals surface area contributed by atoms with Gasteiger partial charge in [0.15, 0.2) is 5.13 Å². The monoisotopic (exact) mass is 330 g/mol. The molecule has 1 unspecified atom stereocenters. The number of phenolic OH excluding ortho intramolecular Hbond substituents is 1. The molecule has 2 aromatic rings. The molecule has 122 valence electrons. The third kappa shape index (κ3) is 3.55. The molecule has 1 atom stereocenters. The molecule has 1 saturated carbocycles. The molecule has 1 amide bonds. The van der Waals surface area contributed by atoms with Crippen molar-refractivity contribution in [3.05, 3.63) is 41.4 Å². The minimum absolute atomic E-state index is 0.0510. The first kappa shape index (κ1) is 16.0. The Kier molecular flexibility index (Phi) is 4.66. The molecular formula is C18H22N2O2S. The quantitative estimate of drug-likeness (QED) is 0.858. The summed E-state index contributed by atoms with van der Waals surface area (Å²) in [5, 5.41) is 15.2. The molecule has 0 spiro atoms. The second kappa shape index (κ2) is 6.71. The van der Waals surface area contributed by atoms with Crippen LogP contribution in [0.4, 0.5) is 5.13 Å². The topological polar surface area (TPSA) is 62.2 Å². The zero-order chi connectivity index (χ0) is 16.3. The van der Waals surface area contributed by atoms with Gasteiger partial charge in [0, 0.05) is 11.6 Å². The summed E-state index contributed by atoms with van der Waals surface area (Å²) >= 11 is 1.42. The first-order chi connectivity index (χ1) is 11.1. The molecule has 0 aliphatic heterocycles. The molecular weight excluding hydrogens is 308 g/mol. The van der Waals surface area contributed by atoms with Crippen LogP contribution in [-0.2, 0) is 10.2 Å². The van der Waals surface area contributed by atoms with Crippen LogP contribution in [0.2, 0.25) is 0 Å². The van der Waals surface area contributed by atoms with Gasteiger partial charge in [-0.2, -0.15) is 0 Å². The van der Waals surface area contributed by atoms with Crippen LogP contribution in [0.5, 0.6) is 5.75 Å². The summed E-state index contributed by atoms with van der Waals surface area (Å²) in [7, 11) is 0. The predicted octanol–water partition coefficient (Wildman–Crippen LogP) is 4.33. The van der Waals surface area contributed by atoms with E-state index in [0.29, 0.717) is 11.0 Å². The number of carbonyl (C=O) groups excluding carboxylic acids is 1. The van der Waals surface area contributed by atoms with Gasteiger partial charge in [-0.3, -0.25) is 4.79 Å². The Bertz CT molecular complexity index is 665. The van der Waals surface area contributed by atoms with Crippen molar-refractivity contribution in [3.63, 3.8) is 0 Å². The average Bonchev–Trinajstić information content (AvgIpc) is 3.21. The SMILES string of the molecule is CC(CC1CCCC1)(C(=O)Nc1nccs1)c1cccc(O)c1. The molecule has 2 N–H and O–H groups in total. The van der Waals surface area contributed by atoms with Crippen LogP contribution in [0.1, 0.15) is 44.6 Å². The van der Waals surface area contributed by atoms with Crippen LogP contribution < -0.4 is 5.32 Å². The average molecular weight is 330 g/mol. The Morgan fingerprint density at radius 1 is 1.43 bits per heavy atom. The molecule has 1 aliphatic rings. The number of thiazole rings is 1. The van der Waals surface area contributed by atoms with E-state index in [1.54, 1.807) is 24.4 Å². The molecule has 1 aromatic carbocycles. The van der Waals surface area contributed by atoms with Gasteiger partial charge < -0.3 is 10.4 Å². The van der Waals surface area contributed by atoms with Gasteiger partial charge in [-0.25, -0.2) is 4.98 Å². The number of rotatable bonds is 5. The molecule has 0 radical (unpaired) electrons. The lowest BCUT2D eigenvalue weighted by molar-refractivity contribution is -0.121. The van der Waals surface area contributed by atoms with Crippen LogP contribution in [-0.4, -0.2) is 16.0 Å². The summed E-state index contributed by atoms with van der Waals surface area (Å²) in [5.41, 5.74) is 0.192. The third-order valence-corrected chi connectivity index (χ3v) is 5.50. The van der Waals surface area contributed by atoms with Crippen molar-refractivity contribution in [2.45, 2.75) is 44.4 Å². The smallest absolute Gasteiger partial charge is 0.236 e. The molecule has 0 bridgehead atoms. The van der Waals surface area contributed by atoms with E-state index in [1.807, 2.05) is 18.4 Å². The summed E-state index contributed by atoms with van der Waals surface area (Å²) in [6.45, 7) is 1.98. The van der Waals surface area contributed by atoms with Crippen molar-refractivity contribution < 1.29 is 9.90 Å². The molecule has 1 aromatic heterocycles. The number of phenols is 1. The van der Waals surface area contributed by atoms with Gasteiger partial charge in [0.05, 0.1) is 5.41 Å². The Morgan fingerprint density at radius 3 is 2.87 bits per heavy atom. The van der Waals surface area contributed by atoms with E-state index in [-0.39, 0.29) is 11.7 Å². The molecule has 0 saturated heterocycles. The molecule has 1 fully saturated rings. The number of hydrogen-bond acceptors (Lipinski definition) is 4. The highest BCUT2D eigenvalue weighted by Gasteiger charge is 2.38. The van der Waals surface area contributed by atoms with Gasteiger partial charge in [0.1, 0.15) is 5.75 Å². The zero-order valence-electron chi connectivity index (χ0n) is 13.3. The number of carbonyl (C=O) groups is 1. The Morgan fingerprint density at radius 2 is 2.22 bits per heavy atom. The largest absolute Gasteiger partial charge is 0.508 e. The highest BCUT2D eigenvalue weighted by atomic mass is 32.1. The molecule has 4 nitrogen and oxygen atoms in total. The second-order valence-electron chi connectivity index (χ2n) is 6.53. The number of aromatic nitrogens is 1.